The Morgan fingerprint density at radius 1 is 1.05 bits per heavy atom. The van der Waals surface area contributed by atoms with Gasteiger partial charge in [0, 0.05) is 19.5 Å². The monoisotopic (exact) mass is 534 g/mol. The molecule has 1 aliphatic rings. The fraction of sp³-hybridized carbons (Fsp3) is 0.300. The number of carbonyl (C=O) groups excluding carboxylic acids is 2. The first-order valence-electron chi connectivity index (χ1n) is 12.6. The van der Waals surface area contributed by atoms with Crippen LogP contribution in [-0.4, -0.2) is 54.1 Å². The van der Waals surface area contributed by atoms with Gasteiger partial charge in [0.2, 0.25) is 0 Å². The van der Waals surface area contributed by atoms with Crippen molar-refractivity contribution in [3.8, 4) is 11.1 Å². The van der Waals surface area contributed by atoms with Gasteiger partial charge >= 0.3 is 11.9 Å². The third-order valence-electron chi connectivity index (χ3n) is 6.88. The molecule has 0 spiro atoms. The second kappa shape index (κ2) is 12.7. The summed E-state index contributed by atoms with van der Waals surface area (Å²) in [6.45, 7) is 2.11. The number of rotatable bonds is 9. The number of nitrogens with one attached hydrogen (secondary N) is 1. The number of nitrogens with zero attached hydrogens (tertiary/aromatic N) is 1. The van der Waals surface area contributed by atoms with E-state index in [1.807, 2.05) is 36.4 Å². The molecule has 7 nitrogen and oxygen atoms in total. The van der Waals surface area contributed by atoms with Gasteiger partial charge in [-0.2, -0.15) is 0 Å². The van der Waals surface area contributed by atoms with Crippen LogP contribution in [0.5, 0.6) is 0 Å². The lowest BCUT2D eigenvalue weighted by Crippen LogP contribution is -2.43. The molecule has 1 amide bonds. The molecule has 38 heavy (non-hydrogen) atoms. The van der Waals surface area contributed by atoms with Crippen LogP contribution >= 0.6 is 11.6 Å². The molecule has 8 heteroatoms. The summed E-state index contributed by atoms with van der Waals surface area (Å²) >= 11 is 6.14. The molecular formula is C30H31ClN2O5. The van der Waals surface area contributed by atoms with Crippen molar-refractivity contribution in [2.45, 2.75) is 31.8 Å². The zero-order chi connectivity index (χ0) is 27.1. The molecule has 1 saturated heterocycles. The Hall–Kier alpha value is -3.68. The number of piperidine rings is 1. The molecule has 0 aliphatic carbocycles. The maximum atomic E-state index is 12.7. The topological polar surface area (TPSA) is 95.9 Å². The van der Waals surface area contributed by atoms with Crippen LogP contribution < -0.4 is 5.32 Å². The van der Waals surface area contributed by atoms with E-state index in [9.17, 15) is 19.5 Å². The van der Waals surface area contributed by atoms with E-state index in [0.717, 1.165) is 41.6 Å². The Morgan fingerprint density at radius 3 is 2.47 bits per heavy atom. The summed E-state index contributed by atoms with van der Waals surface area (Å²) in [4.78, 5) is 38.9. The van der Waals surface area contributed by atoms with Crippen LogP contribution in [0.4, 0.5) is 0 Å². The second-order valence-electron chi connectivity index (χ2n) is 9.50. The Bertz CT molecular complexity index is 1290. The lowest BCUT2D eigenvalue weighted by molar-refractivity contribution is -0.144. The zero-order valence-corrected chi connectivity index (χ0v) is 22.0. The molecule has 0 saturated carbocycles. The van der Waals surface area contributed by atoms with Crippen LogP contribution in [0, 0.1) is 5.92 Å². The van der Waals surface area contributed by atoms with Crippen molar-refractivity contribution in [2.75, 3.05) is 20.2 Å². The van der Waals surface area contributed by atoms with E-state index >= 15 is 0 Å². The van der Waals surface area contributed by atoms with E-state index in [1.54, 1.807) is 24.3 Å². The maximum absolute atomic E-state index is 12.7. The van der Waals surface area contributed by atoms with E-state index in [-0.39, 0.29) is 12.3 Å². The first-order valence-corrected chi connectivity index (χ1v) is 13.0. The molecule has 1 heterocycles. The van der Waals surface area contributed by atoms with Crippen molar-refractivity contribution < 1.29 is 24.2 Å². The lowest BCUT2D eigenvalue weighted by Gasteiger charge is -2.31. The molecule has 4 rings (SSSR count). The summed E-state index contributed by atoms with van der Waals surface area (Å²) in [5, 5.41) is 12.5. The van der Waals surface area contributed by atoms with Crippen molar-refractivity contribution in [3.05, 3.63) is 94.5 Å². The van der Waals surface area contributed by atoms with E-state index in [4.69, 9.17) is 16.3 Å². The molecule has 3 aromatic carbocycles. The number of carbonyl (C=O) groups is 3. The van der Waals surface area contributed by atoms with Crippen LogP contribution in [0.15, 0.2) is 72.8 Å². The predicted octanol–water partition coefficient (Wildman–Crippen LogP) is 4.82. The van der Waals surface area contributed by atoms with Crippen LogP contribution in [0.2, 0.25) is 5.02 Å². The van der Waals surface area contributed by atoms with Crippen molar-refractivity contribution in [3.63, 3.8) is 0 Å². The third kappa shape index (κ3) is 6.79. The summed E-state index contributed by atoms with van der Waals surface area (Å²) in [5.74, 6) is -2.04. The minimum Gasteiger partial charge on any atom is -0.481 e. The minimum absolute atomic E-state index is 0.259. The van der Waals surface area contributed by atoms with Gasteiger partial charge in [0.15, 0.2) is 0 Å². The highest BCUT2D eigenvalue weighted by atomic mass is 35.5. The van der Waals surface area contributed by atoms with Gasteiger partial charge in [0.05, 0.1) is 23.6 Å². The molecule has 0 radical (unpaired) electrons. The first-order chi connectivity index (χ1) is 18.4. The van der Waals surface area contributed by atoms with Gasteiger partial charge in [-0.25, -0.2) is 4.79 Å². The standard InChI is InChI=1S/C30H31ClN2O5/c1-38-30(37)27(32-28(34)25-10-4-5-11-26(25)31)17-20-12-14-21(15-13-20)24-9-3-2-7-22(24)18-33-16-6-8-23(19-33)29(35)36/h2-5,7,9-15,23,27H,6,8,16-19H2,1H3,(H,32,34)(H,35,36)/t23?,27-/m0/s1. The number of benzene rings is 3. The number of hydrogen-bond acceptors (Lipinski definition) is 5. The minimum atomic E-state index is -0.872. The highest BCUT2D eigenvalue weighted by Gasteiger charge is 2.26. The molecule has 2 atom stereocenters. The normalized spacial score (nSPS) is 16.4. The number of carboxylic acid groups (broad SMARTS) is 1. The maximum Gasteiger partial charge on any atom is 0.328 e. The average Bonchev–Trinajstić information content (AvgIpc) is 2.93. The molecule has 1 aliphatic heterocycles. The average molecular weight is 535 g/mol. The van der Waals surface area contributed by atoms with Gasteiger partial charge in [-0.15, -0.1) is 0 Å². The number of amides is 1. The van der Waals surface area contributed by atoms with E-state index < -0.39 is 23.9 Å². The molecule has 1 unspecified atom stereocenters. The van der Waals surface area contributed by atoms with Crippen molar-refractivity contribution in [2.24, 2.45) is 5.92 Å². The summed E-state index contributed by atoms with van der Waals surface area (Å²) in [5.41, 5.74) is 4.38. The van der Waals surface area contributed by atoms with Gasteiger partial charge in [-0.1, -0.05) is 72.3 Å². The molecule has 2 N–H and O–H groups in total. The Labute approximate surface area is 227 Å². The largest absolute Gasteiger partial charge is 0.481 e. The Kier molecular flexibility index (Phi) is 9.15. The Morgan fingerprint density at radius 2 is 1.76 bits per heavy atom. The highest BCUT2D eigenvalue weighted by Crippen LogP contribution is 2.27. The van der Waals surface area contributed by atoms with Gasteiger partial charge in [-0.05, 0) is 53.8 Å². The molecule has 0 aromatic heterocycles. The number of esters is 1. The number of hydrogen-bond donors (Lipinski definition) is 2. The number of ether oxygens (including phenoxy) is 1. The van der Waals surface area contributed by atoms with E-state index in [1.165, 1.54) is 7.11 Å². The number of carboxylic acids is 1. The van der Waals surface area contributed by atoms with Crippen molar-refractivity contribution in [1.82, 2.24) is 10.2 Å². The van der Waals surface area contributed by atoms with Gasteiger partial charge < -0.3 is 15.2 Å². The smallest absolute Gasteiger partial charge is 0.328 e. The van der Waals surface area contributed by atoms with Crippen molar-refractivity contribution >= 4 is 29.4 Å². The molecule has 1 fully saturated rings. The first kappa shape index (κ1) is 27.4. The van der Waals surface area contributed by atoms with Crippen LogP contribution in [0.1, 0.15) is 34.3 Å². The van der Waals surface area contributed by atoms with Gasteiger partial charge in [0.25, 0.3) is 5.91 Å². The number of likely N-dealkylation sites (tertiary alicyclic amines) is 1. The predicted molar refractivity (Wildman–Crippen MR) is 146 cm³/mol. The Balaban J connectivity index is 1.47. The molecule has 198 valence electrons. The fourth-order valence-electron chi connectivity index (χ4n) is 4.85. The van der Waals surface area contributed by atoms with Crippen LogP contribution in [0.25, 0.3) is 11.1 Å². The van der Waals surface area contributed by atoms with E-state index in [0.29, 0.717) is 23.7 Å². The quantitative estimate of drug-likeness (QED) is 0.382. The zero-order valence-electron chi connectivity index (χ0n) is 21.2. The van der Waals surface area contributed by atoms with Crippen molar-refractivity contribution in [1.29, 1.82) is 0 Å². The summed E-state index contributed by atoms with van der Waals surface area (Å²) in [7, 11) is 1.29. The lowest BCUT2D eigenvalue weighted by atomic mass is 9.95. The SMILES string of the molecule is COC(=O)[C@H](Cc1ccc(-c2ccccc2CN2CCCC(C(=O)O)C2)cc1)NC(=O)c1ccccc1Cl. The van der Waals surface area contributed by atoms with Crippen LogP contribution in [0.3, 0.4) is 0 Å². The van der Waals surface area contributed by atoms with Gasteiger partial charge in [0.1, 0.15) is 6.04 Å². The molecular weight excluding hydrogens is 504 g/mol. The fourth-order valence-corrected chi connectivity index (χ4v) is 5.08. The number of halogens is 1. The highest BCUT2D eigenvalue weighted by molar-refractivity contribution is 6.33. The summed E-state index contributed by atoms with van der Waals surface area (Å²) in [6.07, 6.45) is 1.86. The number of methoxy groups -OCH3 is 1. The summed E-state index contributed by atoms with van der Waals surface area (Å²) < 4.78 is 4.93. The third-order valence-corrected chi connectivity index (χ3v) is 7.21. The summed E-state index contributed by atoms with van der Waals surface area (Å²) in [6, 6.07) is 21.8. The molecule has 0 bridgehead atoms. The van der Waals surface area contributed by atoms with Crippen LogP contribution in [-0.2, 0) is 27.3 Å². The second-order valence-corrected chi connectivity index (χ2v) is 9.91. The number of aliphatic carboxylic acids is 1. The van der Waals surface area contributed by atoms with Gasteiger partial charge in [-0.3, -0.25) is 14.5 Å². The van der Waals surface area contributed by atoms with E-state index in [2.05, 4.69) is 22.3 Å². The molecule has 3 aromatic rings.